The predicted molar refractivity (Wildman–Crippen MR) is 103 cm³/mol. The summed E-state index contributed by atoms with van der Waals surface area (Å²) in [5.74, 6) is 0.245. The van der Waals surface area contributed by atoms with Gasteiger partial charge >= 0.3 is 0 Å². The van der Waals surface area contributed by atoms with E-state index in [1.165, 1.54) is 11.8 Å². The molecule has 128 valence electrons. The van der Waals surface area contributed by atoms with Crippen LogP contribution in [0, 0.1) is 0 Å². The van der Waals surface area contributed by atoms with E-state index in [-0.39, 0.29) is 17.7 Å². The third-order valence-electron chi connectivity index (χ3n) is 3.63. The van der Waals surface area contributed by atoms with Crippen molar-refractivity contribution in [2.45, 2.75) is 18.1 Å². The summed E-state index contributed by atoms with van der Waals surface area (Å²) in [6.07, 6.45) is 1.65. The zero-order valence-corrected chi connectivity index (χ0v) is 16.0. The summed E-state index contributed by atoms with van der Waals surface area (Å²) in [6.45, 7) is 1.97. The fraction of sp³-hybridized carbons (Fsp3) is 0.167. The number of carbonyl (C=O) groups excluding carboxylic acids is 1. The summed E-state index contributed by atoms with van der Waals surface area (Å²) in [7, 11) is 0. The molecule has 1 atom stereocenters. The average molecular weight is 417 g/mol. The van der Waals surface area contributed by atoms with E-state index in [9.17, 15) is 4.79 Å². The highest BCUT2D eigenvalue weighted by Crippen LogP contribution is 2.20. The number of thioether (sulfide) groups is 1. The van der Waals surface area contributed by atoms with E-state index in [2.05, 4.69) is 31.4 Å². The minimum absolute atomic E-state index is 0.0389. The Morgan fingerprint density at radius 2 is 1.92 bits per heavy atom. The molecule has 0 bridgehead atoms. The van der Waals surface area contributed by atoms with Gasteiger partial charge < -0.3 is 5.32 Å². The Balaban J connectivity index is 1.58. The molecule has 2 aromatic carbocycles. The zero-order chi connectivity index (χ0) is 17.6. The van der Waals surface area contributed by atoms with Gasteiger partial charge in [0, 0.05) is 10.2 Å². The van der Waals surface area contributed by atoms with Crippen molar-refractivity contribution in [3.8, 4) is 5.69 Å². The van der Waals surface area contributed by atoms with Crippen LogP contribution in [-0.2, 0) is 4.79 Å². The third-order valence-corrected chi connectivity index (χ3v) is 5.10. The van der Waals surface area contributed by atoms with E-state index >= 15 is 0 Å². The molecule has 1 amide bonds. The van der Waals surface area contributed by atoms with Crippen LogP contribution in [0.2, 0.25) is 0 Å². The van der Waals surface area contributed by atoms with Crippen LogP contribution in [0.4, 0.5) is 0 Å². The summed E-state index contributed by atoms with van der Waals surface area (Å²) in [4.78, 5) is 12.2. The molecule has 25 heavy (non-hydrogen) atoms. The van der Waals surface area contributed by atoms with Crippen molar-refractivity contribution < 1.29 is 4.79 Å². The zero-order valence-electron chi connectivity index (χ0n) is 13.6. The Morgan fingerprint density at radius 3 is 2.64 bits per heavy atom. The van der Waals surface area contributed by atoms with Crippen molar-refractivity contribution >= 4 is 33.6 Å². The van der Waals surface area contributed by atoms with Gasteiger partial charge in [0.1, 0.15) is 6.33 Å². The van der Waals surface area contributed by atoms with Gasteiger partial charge in [-0.25, -0.2) is 0 Å². The molecule has 0 radical (unpaired) electrons. The van der Waals surface area contributed by atoms with Gasteiger partial charge in [-0.1, -0.05) is 58.0 Å². The van der Waals surface area contributed by atoms with Crippen LogP contribution in [0.1, 0.15) is 18.5 Å². The maximum Gasteiger partial charge on any atom is 0.230 e. The molecule has 7 heteroatoms. The number of carbonyl (C=O) groups is 1. The second kappa shape index (κ2) is 8.31. The van der Waals surface area contributed by atoms with Crippen LogP contribution in [0.3, 0.4) is 0 Å². The topological polar surface area (TPSA) is 59.8 Å². The highest BCUT2D eigenvalue weighted by atomic mass is 79.9. The second-order valence-electron chi connectivity index (χ2n) is 5.45. The van der Waals surface area contributed by atoms with Crippen molar-refractivity contribution in [3.05, 3.63) is 71.0 Å². The molecule has 0 fully saturated rings. The first-order chi connectivity index (χ1) is 12.1. The lowest BCUT2D eigenvalue weighted by Crippen LogP contribution is -2.28. The number of nitrogens with zero attached hydrogens (tertiary/aromatic N) is 3. The first kappa shape index (κ1) is 17.7. The van der Waals surface area contributed by atoms with Crippen molar-refractivity contribution in [1.82, 2.24) is 20.1 Å². The van der Waals surface area contributed by atoms with Crippen molar-refractivity contribution in [3.63, 3.8) is 0 Å². The molecule has 0 aliphatic rings. The fourth-order valence-electron chi connectivity index (χ4n) is 2.34. The molecule has 0 saturated heterocycles. The summed E-state index contributed by atoms with van der Waals surface area (Å²) in [6, 6.07) is 17.7. The molecule has 3 aromatic rings. The molecule has 1 heterocycles. The SMILES string of the molecule is C[C@@H](NC(=O)CSc1nncn1-c1ccccc1)c1ccc(Br)cc1. The number of nitrogens with one attached hydrogen (secondary N) is 1. The maximum absolute atomic E-state index is 12.2. The maximum atomic E-state index is 12.2. The normalized spacial score (nSPS) is 11.9. The summed E-state index contributed by atoms with van der Waals surface area (Å²) < 4.78 is 2.89. The molecule has 0 spiro atoms. The molecule has 1 N–H and O–H groups in total. The number of halogens is 1. The Labute approximate surface area is 159 Å². The first-order valence-corrected chi connectivity index (χ1v) is 9.54. The van der Waals surface area contributed by atoms with Gasteiger partial charge in [0.05, 0.1) is 11.8 Å². The molecule has 1 aromatic heterocycles. The molecular weight excluding hydrogens is 400 g/mol. The lowest BCUT2D eigenvalue weighted by Gasteiger charge is -2.14. The number of benzene rings is 2. The number of hydrogen-bond acceptors (Lipinski definition) is 4. The van der Waals surface area contributed by atoms with Gasteiger partial charge in [-0.3, -0.25) is 9.36 Å². The van der Waals surface area contributed by atoms with E-state index in [1.807, 2.05) is 66.1 Å². The highest BCUT2D eigenvalue weighted by molar-refractivity contribution is 9.10. The number of para-hydroxylation sites is 1. The lowest BCUT2D eigenvalue weighted by atomic mass is 10.1. The van der Waals surface area contributed by atoms with Crippen molar-refractivity contribution in [1.29, 1.82) is 0 Å². The Hall–Kier alpha value is -2.12. The number of amides is 1. The summed E-state index contributed by atoms with van der Waals surface area (Å²) in [5, 5.41) is 11.7. The van der Waals surface area contributed by atoms with E-state index in [1.54, 1.807) is 6.33 Å². The molecule has 0 aliphatic carbocycles. The Morgan fingerprint density at radius 1 is 1.20 bits per heavy atom. The van der Waals surface area contributed by atoms with Crippen molar-refractivity contribution in [2.75, 3.05) is 5.75 Å². The van der Waals surface area contributed by atoms with Crippen molar-refractivity contribution in [2.24, 2.45) is 0 Å². The molecule has 3 rings (SSSR count). The smallest absolute Gasteiger partial charge is 0.230 e. The molecule has 5 nitrogen and oxygen atoms in total. The molecule has 0 aliphatic heterocycles. The van der Waals surface area contributed by atoms with Crippen LogP contribution in [-0.4, -0.2) is 26.4 Å². The van der Waals surface area contributed by atoms with Crippen LogP contribution in [0.15, 0.2) is 70.6 Å². The third kappa shape index (κ3) is 4.70. The van der Waals surface area contributed by atoms with Gasteiger partial charge in [-0.2, -0.15) is 0 Å². The van der Waals surface area contributed by atoms with Gasteiger partial charge in [0.25, 0.3) is 0 Å². The number of aromatic nitrogens is 3. The molecule has 0 saturated carbocycles. The van der Waals surface area contributed by atoms with Crippen LogP contribution >= 0.6 is 27.7 Å². The first-order valence-electron chi connectivity index (χ1n) is 7.76. The number of hydrogen-bond donors (Lipinski definition) is 1. The standard InChI is InChI=1S/C18H17BrN4OS/c1-13(14-7-9-15(19)10-8-14)21-17(24)11-25-18-22-20-12-23(18)16-5-3-2-4-6-16/h2-10,12-13H,11H2,1H3,(H,21,24)/t13-/m1/s1. The summed E-state index contributed by atoms with van der Waals surface area (Å²) >= 11 is 4.78. The van der Waals surface area contributed by atoms with Crippen LogP contribution in [0.25, 0.3) is 5.69 Å². The fourth-order valence-corrected chi connectivity index (χ4v) is 3.34. The van der Waals surface area contributed by atoms with Gasteiger partial charge in [0.15, 0.2) is 5.16 Å². The molecular formula is C18H17BrN4OS. The minimum atomic E-state index is -0.0480. The quantitative estimate of drug-likeness (QED) is 0.616. The monoisotopic (exact) mass is 416 g/mol. The van der Waals surface area contributed by atoms with E-state index in [0.29, 0.717) is 5.16 Å². The van der Waals surface area contributed by atoms with Crippen LogP contribution in [0.5, 0.6) is 0 Å². The molecule has 0 unspecified atom stereocenters. The Bertz CT molecular complexity index is 836. The summed E-state index contributed by atoms with van der Waals surface area (Å²) in [5.41, 5.74) is 2.03. The minimum Gasteiger partial charge on any atom is -0.349 e. The van der Waals surface area contributed by atoms with E-state index in [4.69, 9.17) is 0 Å². The average Bonchev–Trinajstić information content (AvgIpc) is 3.10. The predicted octanol–water partition coefficient (Wildman–Crippen LogP) is 4.00. The van der Waals surface area contributed by atoms with Crippen LogP contribution < -0.4 is 5.32 Å². The largest absolute Gasteiger partial charge is 0.349 e. The Kier molecular flexibility index (Phi) is 5.88. The van der Waals surface area contributed by atoms with Gasteiger partial charge in [-0.05, 0) is 36.8 Å². The second-order valence-corrected chi connectivity index (χ2v) is 7.31. The van der Waals surface area contributed by atoms with Gasteiger partial charge in [0.2, 0.25) is 5.91 Å². The lowest BCUT2D eigenvalue weighted by molar-refractivity contribution is -0.119. The van der Waals surface area contributed by atoms with Gasteiger partial charge in [-0.15, -0.1) is 10.2 Å². The number of rotatable bonds is 6. The van der Waals surface area contributed by atoms with E-state index < -0.39 is 0 Å². The van der Waals surface area contributed by atoms with E-state index in [0.717, 1.165) is 15.7 Å². The highest BCUT2D eigenvalue weighted by Gasteiger charge is 2.13.